The van der Waals surface area contributed by atoms with E-state index in [2.05, 4.69) is 15.0 Å². The normalized spacial score (nSPS) is 15.4. The van der Waals surface area contributed by atoms with E-state index in [-0.39, 0.29) is 12.5 Å². The Labute approximate surface area is 185 Å². The molecule has 3 rings (SSSR count). The molecule has 0 bridgehead atoms. The zero-order valence-electron chi connectivity index (χ0n) is 17.7. The summed E-state index contributed by atoms with van der Waals surface area (Å²) in [4.78, 5) is 18.6. The molecule has 1 aliphatic rings. The van der Waals surface area contributed by atoms with Gasteiger partial charge in [-0.15, -0.1) is 0 Å². The Morgan fingerprint density at radius 3 is 2.77 bits per heavy atom. The second kappa shape index (κ2) is 11.1. The predicted molar refractivity (Wildman–Crippen MR) is 123 cm³/mol. The van der Waals surface area contributed by atoms with Gasteiger partial charge in [0.1, 0.15) is 11.0 Å². The molecule has 164 valence electrons. The molecule has 1 amide bonds. The summed E-state index contributed by atoms with van der Waals surface area (Å²) >= 11 is 1.46. The fourth-order valence-corrected chi connectivity index (χ4v) is 5.84. The van der Waals surface area contributed by atoms with E-state index in [0.717, 1.165) is 45.9 Å². The summed E-state index contributed by atoms with van der Waals surface area (Å²) in [5.74, 6) is 0.546. The van der Waals surface area contributed by atoms with Gasteiger partial charge in [0.15, 0.2) is 5.13 Å². The van der Waals surface area contributed by atoms with Crippen LogP contribution in [0, 0.1) is 19.8 Å². The van der Waals surface area contributed by atoms with E-state index in [1.54, 1.807) is 0 Å². The third-order valence-corrected chi connectivity index (χ3v) is 7.89. The first-order valence-electron chi connectivity index (χ1n) is 10.6. The molecule has 0 saturated heterocycles. The van der Waals surface area contributed by atoms with Crippen LogP contribution >= 0.6 is 11.3 Å². The summed E-state index contributed by atoms with van der Waals surface area (Å²) in [5, 5.41) is 12.5. The number of hydrogen-bond donors (Lipinski definition) is 3. The van der Waals surface area contributed by atoms with Gasteiger partial charge < -0.3 is 10.4 Å². The van der Waals surface area contributed by atoms with E-state index in [9.17, 15) is 9.00 Å². The first-order chi connectivity index (χ1) is 14.5. The Morgan fingerprint density at radius 1 is 1.27 bits per heavy atom. The number of hydrogen-bond acceptors (Lipinski definition) is 5. The third-order valence-electron chi connectivity index (χ3n) is 5.46. The molecule has 1 saturated carbocycles. The summed E-state index contributed by atoms with van der Waals surface area (Å²) in [6.45, 7) is 4.61. The lowest BCUT2D eigenvalue weighted by Crippen LogP contribution is -2.19. The highest BCUT2D eigenvalue weighted by Crippen LogP contribution is 2.35. The molecule has 0 radical (unpaired) electrons. The zero-order valence-corrected chi connectivity index (χ0v) is 19.3. The molecular weight excluding hydrogens is 418 g/mol. The Kier molecular flexibility index (Phi) is 8.56. The summed E-state index contributed by atoms with van der Waals surface area (Å²) in [6.07, 6.45) is 6.79. The van der Waals surface area contributed by atoms with E-state index in [0.29, 0.717) is 30.4 Å². The minimum absolute atomic E-state index is 0.0416. The molecule has 1 atom stereocenters. The van der Waals surface area contributed by atoms with Gasteiger partial charge in [-0.05, 0) is 62.6 Å². The largest absolute Gasteiger partial charge is 0.396 e. The van der Waals surface area contributed by atoms with Gasteiger partial charge in [0, 0.05) is 19.6 Å². The van der Waals surface area contributed by atoms with Gasteiger partial charge in [-0.2, -0.15) is 0 Å². The number of nitrogens with zero attached hydrogens (tertiary/aromatic N) is 1. The Balaban J connectivity index is 1.69. The van der Waals surface area contributed by atoms with Gasteiger partial charge in [0.2, 0.25) is 5.91 Å². The zero-order chi connectivity index (χ0) is 21.5. The number of aliphatic hydroxyl groups is 1. The topological polar surface area (TPSA) is 91.3 Å². The summed E-state index contributed by atoms with van der Waals surface area (Å²) in [5.41, 5.74) is 2.76. The third kappa shape index (κ3) is 6.20. The number of unbranched alkanes of at least 4 members (excludes halogenated alkanes) is 1. The molecule has 0 spiro atoms. The smallest absolute Gasteiger partial charge is 0.226 e. The van der Waals surface area contributed by atoms with Crippen LogP contribution < -0.4 is 10.0 Å². The van der Waals surface area contributed by atoms with Crippen molar-refractivity contribution in [2.24, 2.45) is 5.92 Å². The minimum Gasteiger partial charge on any atom is -0.396 e. The van der Waals surface area contributed by atoms with Crippen molar-refractivity contribution >= 4 is 33.4 Å². The van der Waals surface area contributed by atoms with Crippen LogP contribution in [0.2, 0.25) is 0 Å². The Hall–Kier alpha value is -1.61. The van der Waals surface area contributed by atoms with Crippen LogP contribution in [-0.4, -0.2) is 33.4 Å². The van der Waals surface area contributed by atoms with Crippen molar-refractivity contribution in [2.45, 2.75) is 63.7 Å². The van der Waals surface area contributed by atoms with E-state index < -0.39 is 11.0 Å². The molecule has 0 aliphatic heterocycles. The molecular formula is C22H31N3O3S2. The lowest BCUT2D eigenvalue weighted by atomic mass is 10.0. The minimum atomic E-state index is -1.31. The molecule has 8 heteroatoms. The molecule has 30 heavy (non-hydrogen) atoms. The van der Waals surface area contributed by atoms with Gasteiger partial charge in [0.25, 0.3) is 0 Å². The lowest BCUT2D eigenvalue weighted by molar-refractivity contribution is -0.117. The van der Waals surface area contributed by atoms with Gasteiger partial charge in [-0.25, -0.2) is 13.9 Å². The van der Waals surface area contributed by atoms with Gasteiger partial charge in [-0.1, -0.05) is 36.3 Å². The number of nitrogens with one attached hydrogen (secondary N) is 2. The van der Waals surface area contributed by atoms with Crippen molar-refractivity contribution in [2.75, 3.05) is 18.5 Å². The highest BCUT2D eigenvalue weighted by molar-refractivity contribution is 7.83. The number of carbonyl (C=O) groups is 1. The molecule has 1 aromatic heterocycles. The van der Waals surface area contributed by atoms with Gasteiger partial charge >= 0.3 is 0 Å². The lowest BCUT2D eigenvalue weighted by Gasteiger charge is -2.09. The quantitative estimate of drug-likeness (QED) is 0.471. The van der Waals surface area contributed by atoms with E-state index in [1.165, 1.54) is 24.2 Å². The summed E-state index contributed by atoms with van der Waals surface area (Å²) in [7, 11) is -1.31. The number of aliphatic hydroxyl groups excluding tert-OH is 1. The number of aryl methyl sites for hydroxylation is 2. The Morgan fingerprint density at radius 2 is 2.03 bits per heavy atom. The first kappa shape index (κ1) is 23.1. The number of anilines is 1. The van der Waals surface area contributed by atoms with E-state index >= 15 is 0 Å². The van der Waals surface area contributed by atoms with Gasteiger partial charge in [-0.3, -0.25) is 4.79 Å². The monoisotopic (exact) mass is 449 g/mol. The maximum Gasteiger partial charge on any atom is 0.226 e. The van der Waals surface area contributed by atoms with Gasteiger partial charge in [0.05, 0.1) is 15.5 Å². The van der Waals surface area contributed by atoms with Crippen LogP contribution in [0.15, 0.2) is 23.1 Å². The number of thiazole rings is 1. The molecule has 3 N–H and O–H groups in total. The Bertz CT molecular complexity index is 892. The number of aromatic nitrogens is 1. The second-order valence-electron chi connectivity index (χ2n) is 7.91. The van der Waals surface area contributed by atoms with Crippen molar-refractivity contribution in [1.29, 1.82) is 0 Å². The first-order valence-corrected chi connectivity index (χ1v) is 12.6. The fourth-order valence-electron chi connectivity index (χ4n) is 3.79. The average molecular weight is 450 g/mol. The molecule has 1 aromatic carbocycles. The van der Waals surface area contributed by atoms with Crippen LogP contribution in [-0.2, 0) is 15.8 Å². The van der Waals surface area contributed by atoms with Crippen LogP contribution in [0.3, 0.4) is 0 Å². The number of rotatable bonds is 10. The highest BCUT2D eigenvalue weighted by Gasteiger charge is 2.20. The second-order valence-corrected chi connectivity index (χ2v) is 10.2. The van der Waals surface area contributed by atoms with Crippen molar-refractivity contribution in [3.05, 3.63) is 29.5 Å². The predicted octanol–water partition coefficient (Wildman–Crippen LogP) is 4.33. The number of benzene rings is 1. The average Bonchev–Trinajstić information content (AvgIpc) is 3.35. The number of carbonyl (C=O) groups excluding carboxylic acids is 1. The van der Waals surface area contributed by atoms with Crippen LogP contribution in [0.5, 0.6) is 0 Å². The molecule has 1 fully saturated rings. The number of amides is 1. The van der Waals surface area contributed by atoms with E-state index in [4.69, 9.17) is 5.11 Å². The van der Waals surface area contributed by atoms with Crippen LogP contribution in [0.1, 0.15) is 56.2 Å². The van der Waals surface area contributed by atoms with Crippen LogP contribution in [0.4, 0.5) is 5.13 Å². The highest BCUT2D eigenvalue weighted by atomic mass is 32.2. The summed E-state index contributed by atoms with van der Waals surface area (Å²) < 4.78 is 15.7. The van der Waals surface area contributed by atoms with Crippen molar-refractivity contribution < 1.29 is 14.1 Å². The standard InChI is InChI=1S/C22H31N3O3S2/c1-15-9-10-18(14-19(15)30(28)23-11-5-6-12-26)21-16(2)24-22(29-21)25-20(27)13-17-7-3-4-8-17/h9-10,14,17,23,26H,3-8,11-13H2,1-2H3,(H,24,25,27). The SMILES string of the molecule is Cc1ccc(-c2sc(NC(=O)CC3CCCC3)nc2C)cc1S(=O)NCCCCO. The van der Waals surface area contributed by atoms with Crippen molar-refractivity contribution in [1.82, 2.24) is 9.71 Å². The van der Waals surface area contributed by atoms with Crippen molar-refractivity contribution in [3.8, 4) is 10.4 Å². The van der Waals surface area contributed by atoms with Crippen LogP contribution in [0.25, 0.3) is 10.4 Å². The summed E-state index contributed by atoms with van der Waals surface area (Å²) in [6, 6.07) is 5.91. The molecule has 1 unspecified atom stereocenters. The maximum absolute atomic E-state index is 12.7. The fraction of sp³-hybridized carbons (Fsp3) is 0.545. The maximum atomic E-state index is 12.7. The molecule has 1 aliphatic carbocycles. The van der Waals surface area contributed by atoms with E-state index in [1.807, 2.05) is 32.0 Å². The van der Waals surface area contributed by atoms with Crippen molar-refractivity contribution in [3.63, 3.8) is 0 Å². The molecule has 1 heterocycles. The molecule has 6 nitrogen and oxygen atoms in total. The molecule has 2 aromatic rings.